The van der Waals surface area contributed by atoms with Crippen LogP contribution in [0.5, 0.6) is 5.75 Å². The molecule has 0 spiro atoms. The Labute approximate surface area is 319 Å². The van der Waals surface area contributed by atoms with Crippen LogP contribution in [0.1, 0.15) is 78.7 Å². The fourth-order valence-corrected chi connectivity index (χ4v) is 10.4. The first-order valence-electron chi connectivity index (χ1n) is 18.1. The number of rotatable bonds is 5. The SMILES string of the molecule is Cc1cc(C2C3=CCC4C(=O)N(C5CCCCC5)C(=O)C4C3CC3C(=O)N(Nc4ncc(C(F)(F)F)cc4Cl)C(=O)C32c2ccc(Cl)cc2)cc(C)c1O. The molecule has 3 heterocycles. The first-order chi connectivity index (χ1) is 25.6. The van der Waals surface area contributed by atoms with Gasteiger partial charge in [0.05, 0.1) is 33.8 Å². The van der Waals surface area contributed by atoms with Crippen molar-refractivity contribution in [1.29, 1.82) is 0 Å². The number of alkyl halides is 3. The number of phenolic OH excluding ortho intramolecular Hbond substituents is 1. The number of pyridine rings is 1. The summed E-state index contributed by atoms with van der Waals surface area (Å²) in [5, 5.41) is 11.6. The van der Waals surface area contributed by atoms with E-state index < -0.39 is 63.6 Å². The molecule has 9 nitrogen and oxygen atoms in total. The van der Waals surface area contributed by atoms with Crippen LogP contribution in [0.25, 0.3) is 0 Å². The summed E-state index contributed by atoms with van der Waals surface area (Å²) >= 11 is 12.6. The average molecular weight is 782 g/mol. The molecule has 5 aliphatic rings. The summed E-state index contributed by atoms with van der Waals surface area (Å²) in [6.45, 7) is 3.47. The predicted molar refractivity (Wildman–Crippen MR) is 193 cm³/mol. The second kappa shape index (κ2) is 13.1. The third-order valence-electron chi connectivity index (χ3n) is 12.4. The number of benzene rings is 2. The van der Waals surface area contributed by atoms with Gasteiger partial charge in [0.25, 0.3) is 11.8 Å². The first-order valence-corrected chi connectivity index (χ1v) is 18.9. The van der Waals surface area contributed by atoms with E-state index in [9.17, 15) is 32.7 Å². The Hall–Kier alpha value is -4.42. The zero-order valence-electron chi connectivity index (χ0n) is 29.4. The summed E-state index contributed by atoms with van der Waals surface area (Å²) in [5.74, 6) is -6.05. The van der Waals surface area contributed by atoms with Crippen molar-refractivity contribution >= 4 is 52.6 Å². The summed E-state index contributed by atoms with van der Waals surface area (Å²) in [5.41, 5.74) is 2.78. The lowest BCUT2D eigenvalue weighted by molar-refractivity contribution is -0.144. The molecule has 2 saturated heterocycles. The predicted octanol–water partition coefficient (Wildman–Crippen LogP) is 8.05. The lowest BCUT2D eigenvalue weighted by Gasteiger charge is -2.50. The summed E-state index contributed by atoms with van der Waals surface area (Å²) < 4.78 is 40.5. The quantitative estimate of drug-likeness (QED) is 0.199. The van der Waals surface area contributed by atoms with Crippen LogP contribution in [-0.2, 0) is 30.8 Å². The number of likely N-dealkylation sites (tertiary alicyclic amines) is 1. The van der Waals surface area contributed by atoms with E-state index in [1.165, 1.54) is 4.90 Å². The number of carbonyl (C=O) groups excluding carboxylic acids is 4. The Morgan fingerprint density at radius 1 is 0.907 bits per heavy atom. The van der Waals surface area contributed by atoms with E-state index in [4.69, 9.17) is 23.2 Å². The van der Waals surface area contributed by atoms with Crippen LogP contribution in [0.2, 0.25) is 10.0 Å². The fraction of sp³-hybridized carbons (Fsp3) is 0.425. The Kier molecular flexibility index (Phi) is 8.88. The number of allylic oxidation sites excluding steroid dienone is 2. The molecule has 0 bridgehead atoms. The molecular formula is C40H37Cl2F3N4O5. The molecule has 282 valence electrons. The smallest absolute Gasteiger partial charge is 0.417 e. The molecule has 2 aliphatic heterocycles. The third kappa shape index (κ3) is 5.45. The molecule has 0 radical (unpaired) electrons. The van der Waals surface area contributed by atoms with E-state index in [2.05, 4.69) is 10.4 Å². The highest BCUT2D eigenvalue weighted by atomic mass is 35.5. The maximum absolute atomic E-state index is 15.3. The van der Waals surface area contributed by atoms with Crippen molar-refractivity contribution in [3.8, 4) is 5.75 Å². The Bertz CT molecular complexity index is 2110. The highest BCUT2D eigenvalue weighted by Gasteiger charge is 2.70. The molecule has 3 aromatic rings. The molecule has 4 fully saturated rings. The second-order valence-corrected chi connectivity index (χ2v) is 16.1. The summed E-state index contributed by atoms with van der Waals surface area (Å²) in [4.78, 5) is 64.1. The number of halogens is 5. The third-order valence-corrected chi connectivity index (χ3v) is 12.9. The van der Waals surface area contributed by atoms with Gasteiger partial charge in [-0.25, -0.2) is 4.98 Å². The van der Waals surface area contributed by atoms with E-state index >= 15 is 4.79 Å². The molecule has 14 heteroatoms. The van der Waals surface area contributed by atoms with E-state index in [0.717, 1.165) is 42.7 Å². The number of hydrogen-bond donors (Lipinski definition) is 2. The van der Waals surface area contributed by atoms with Crippen LogP contribution in [0.15, 0.2) is 60.3 Å². The number of fused-ring (bicyclic) bond motifs is 4. The number of aromatic hydroxyl groups is 1. The summed E-state index contributed by atoms with van der Waals surface area (Å²) in [7, 11) is 0. The molecule has 1 aromatic heterocycles. The number of phenols is 1. The Morgan fingerprint density at radius 2 is 1.57 bits per heavy atom. The number of aromatic nitrogens is 1. The van der Waals surface area contributed by atoms with Crippen molar-refractivity contribution in [1.82, 2.24) is 14.9 Å². The average Bonchev–Trinajstić information content (AvgIpc) is 3.52. The Morgan fingerprint density at radius 3 is 2.20 bits per heavy atom. The number of carbonyl (C=O) groups is 4. The lowest BCUT2D eigenvalue weighted by atomic mass is 9.49. The second-order valence-electron chi connectivity index (χ2n) is 15.3. The van der Waals surface area contributed by atoms with Crippen LogP contribution in [0.3, 0.4) is 0 Å². The van der Waals surface area contributed by atoms with Gasteiger partial charge in [0.1, 0.15) is 5.75 Å². The molecule has 6 atom stereocenters. The highest BCUT2D eigenvalue weighted by Crippen LogP contribution is 2.64. The van der Waals surface area contributed by atoms with Crippen molar-refractivity contribution in [2.75, 3.05) is 5.43 Å². The number of anilines is 1. The molecule has 2 N–H and O–H groups in total. The molecule has 8 rings (SSSR count). The molecule has 4 amide bonds. The standard InChI is InChI=1S/C40H37Cl2F3N4O5/c1-19-14-21(15-20(2)33(19)50)32-26-12-13-27-31(37(53)48(35(27)51)25-6-4-3-5-7-25)28(26)17-29-36(52)49(38(54)39(29,32)22-8-10-24(41)11-9-22)47-34-30(42)16-23(18-46-34)40(43,44)45/h8-12,14-16,18,25,27-29,31-32,50H,3-7,13,17H2,1-2H3,(H,46,47). The van der Waals surface area contributed by atoms with Gasteiger partial charge in [0.15, 0.2) is 5.82 Å². The molecular weight excluding hydrogens is 744 g/mol. The minimum absolute atomic E-state index is 0.0383. The first kappa shape index (κ1) is 36.6. The van der Waals surface area contributed by atoms with Crippen molar-refractivity contribution in [2.45, 2.75) is 82.3 Å². The molecule has 3 aliphatic carbocycles. The van der Waals surface area contributed by atoms with Crippen molar-refractivity contribution in [2.24, 2.45) is 23.7 Å². The highest BCUT2D eigenvalue weighted by molar-refractivity contribution is 6.33. The number of hydrazine groups is 1. The summed E-state index contributed by atoms with van der Waals surface area (Å²) in [6, 6.07) is 10.6. The van der Waals surface area contributed by atoms with Gasteiger partial charge in [0.2, 0.25) is 11.8 Å². The zero-order valence-corrected chi connectivity index (χ0v) is 30.9. The normalized spacial score (nSPS) is 28.6. The van der Waals surface area contributed by atoms with Crippen LogP contribution in [0.4, 0.5) is 19.0 Å². The molecule has 2 saturated carbocycles. The van der Waals surface area contributed by atoms with Crippen molar-refractivity contribution < 1.29 is 37.5 Å². The van der Waals surface area contributed by atoms with Crippen LogP contribution in [0, 0.1) is 37.5 Å². The fourth-order valence-electron chi connectivity index (χ4n) is 10.0. The van der Waals surface area contributed by atoms with Crippen LogP contribution < -0.4 is 5.43 Å². The lowest BCUT2D eigenvalue weighted by Crippen LogP contribution is -2.53. The monoisotopic (exact) mass is 780 g/mol. The minimum atomic E-state index is -4.73. The summed E-state index contributed by atoms with van der Waals surface area (Å²) in [6.07, 6.45) is 2.48. The van der Waals surface area contributed by atoms with Crippen molar-refractivity contribution in [3.63, 3.8) is 0 Å². The van der Waals surface area contributed by atoms with Gasteiger partial charge < -0.3 is 5.11 Å². The maximum atomic E-state index is 15.3. The number of imide groups is 2. The van der Waals surface area contributed by atoms with Crippen LogP contribution in [-0.4, -0.2) is 49.7 Å². The van der Waals surface area contributed by atoms with E-state index in [-0.39, 0.29) is 42.3 Å². The number of hydrogen-bond acceptors (Lipinski definition) is 7. The van der Waals surface area contributed by atoms with Gasteiger partial charge in [-0.3, -0.25) is 29.5 Å². The number of aryl methyl sites for hydroxylation is 2. The van der Waals surface area contributed by atoms with E-state index in [1.807, 2.05) is 6.08 Å². The van der Waals surface area contributed by atoms with E-state index in [0.29, 0.717) is 39.5 Å². The molecule has 54 heavy (non-hydrogen) atoms. The molecule has 6 unspecified atom stereocenters. The molecule has 2 aromatic carbocycles. The Balaban J connectivity index is 1.31. The topological polar surface area (TPSA) is 120 Å². The van der Waals surface area contributed by atoms with Gasteiger partial charge in [0, 0.05) is 23.2 Å². The number of amides is 4. The largest absolute Gasteiger partial charge is 0.507 e. The van der Waals surface area contributed by atoms with Gasteiger partial charge in [-0.15, -0.1) is 0 Å². The number of nitrogens with one attached hydrogen (secondary N) is 1. The minimum Gasteiger partial charge on any atom is -0.507 e. The van der Waals surface area contributed by atoms with E-state index in [1.54, 1.807) is 50.2 Å². The van der Waals surface area contributed by atoms with Crippen LogP contribution >= 0.6 is 23.2 Å². The van der Waals surface area contributed by atoms with Gasteiger partial charge in [-0.1, -0.05) is 78.4 Å². The zero-order chi connectivity index (χ0) is 38.4. The van der Waals surface area contributed by atoms with Gasteiger partial charge in [-0.05, 0) is 85.9 Å². The van der Waals surface area contributed by atoms with Gasteiger partial charge >= 0.3 is 6.18 Å². The van der Waals surface area contributed by atoms with Crippen molar-refractivity contribution in [3.05, 3.63) is 98.2 Å². The number of nitrogens with zero attached hydrogens (tertiary/aromatic N) is 3. The van der Waals surface area contributed by atoms with Gasteiger partial charge in [-0.2, -0.15) is 18.2 Å². The maximum Gasteiger partial charge on any atom is 0.417 e.